The summed E-state index contributed by atoms with van der Waals surface area (Å²) in [6, 6.07) is 12.8. The first-order valence-electron chi connectivity index (χ1n) is 7.81. The number of hydrogen-bond acceptors (Lipinski definition) is 3. The van der Waals surface area contributed by atoms with Crippen LogP contribution in [0.3, 0.4) is 0 Å². The fraction of sp³-hybridized carbons (Fsp3) is 0.167. The number of para-hydroxylation sites is 2. The first-order chi connectivity index (χ1) is 12.0. The molecule has 3 aromatic rings. The number of aromatic nitrogens is 2. The number of fused-ring (bicyclic) bond motifs is 1. The lowest BCUT2D eigenvalue weighted by Crippen LogP contribution is -2.38. The van der Waals surface area contributed by atoms with Gasteiger partial charge in [-0.05, 0) is 31.2 Å². The summed E-state index contributed by atoms with van der Waals surface area (Å²) in [6.07, 6.45) is 0. The topological polar surface area (TPSA) is 86.9 Å². The van der Waals surface area contributed by atoms with Gasteiger partial charge in [0.15, 0.2) is 0 Å². The lowest BCUT2D eigenvalue weighted by molar-refractivity contribution is -0.120. The van der Waals surface area contributed by atoms with E-state index >= 15 is 0 Å². The summed E-state index contributed by atoms with van der Waals surface area (Å²) in [5.41, 5.74) is 1.60. The molecule has 0 radical (unpaired) electrons. The maximum absolute atomic E-state index is 13.5. The van der Waals surface area contributed by atoms with Crippen LogP contribution in [0, 0.1) is 5.82 Å². The van der Waals surface area contributed by atoms with Crippen molar-refractivity contribution in [2.75, 3.05) is 6.54 Å². The lowest BCUT2D eigenvalue weighted by atomic mass is 10.2. The van der Waals surface area contributed by atoms with E-state index in [0.717, 1.165) is 11.0 Å². The molecule has 3 N–H and O–H groups in total. The monoisotopic (exact) mass is 340 g/mol. The fourth-order valence-electron chi connectivity index (χ4n) is 2.44. The molecule has 0 unspecified atom stereocenters. The van der Waals surface area contributed by atoms with E-state index in [0.29, 0.717) is 5.82 Å². The second-order valence-corrected chi connectivity index (χ2v) is 5.59. The van der Waals surface area contributed by atoms with Crippen molar-refractivity contribution in [3.05, 3.63) is 65.7 Å². The van der Waals surface area contributed by atoms with E-state index in [2.05, 4.69) is 20.6 Å². The van der Waals surface area contributed by atoms with Crippen molar-refractivity contribution in [1.82, 2.24) is 20.6 Å². The van der Waals surface area contributed by atoms with Crippen LogP contribution in [0.25, 0.3) is 11.0 Å². The number of hydrogen-bond donors (Lipinski definition) is 3. The molecule has 0 bridgehead atoms. The standard InChI is InChI=1S/C18H17FN4O2/c1-11(17-22-14-8-4-5-9-15(14)23-17)21-16(24)10-20-18(25)12-6-2-3-7-13(12)19/h2-9,11H,10H2,1H3,(H,20,25)(H,21,24)(H,22,23)/t11-/m0/s1. The SMILES string of the molecule is C[C@H](NC(=O)CNC(=O)c1ccccc1F)c1nc2ccccc2[nH]1. The van der Waals surface area contributed by atoms with Crippen molar-refractivity contribution in [2.45, 2.75) is 13.0 Å². The molecule has 0 saturated heterocycles. The summed E-state index contributed by atoms with van der Waals surface area (Å²) in [4.78, 5) is 31.4. The van der Waals surface area contributed by atoms with Crippen LogP contribution in [0.15, 0.2) is 48.5 Å². The number of H-pyrrole nitrogens is 1. The van der Waals surface area contributed by atoms with Gasteiger partial charge < -0.3 is 15.6 Å². The van der Waals surface area contributed by atoms with Gasteiger partial charge in [-0.3, -0.25) is 9.59 Å². The lowest BCUT2D eigenvalue weighted by Gasteiger charge is -2.12. The van der Waals surface area contributed by atoms with Crippen LogP contribution in [-0.4, -0.2) is 28.3 Å². The second kappa shape index (κ2) is 7.12. The number of amides is 2. The zero-order chi connectivity index (χ0) is 17.8. The Bertz CT molecular complexity index is 889. The first kappa shape index (κ1) is 16.6. The van der Waals surface area contributed by atoms with Crippen LogP contribution >= 0.6 is 0 Å². The van der Waals surface area contributed by atoms with Gasteiger partial charge in [0.05, 0.1) is 29.2 Å². The summed E-state index contributed by atoms with van der Waals surface area (Å²) in [5, 5.41) is 5.14. The number of nitrogens with one attached hydrogen (secondary N) is 3. The number of nitrogens with zero attached hydrogens (tertiary/aromatic N) is 1. The highest BCUT2D eigenvalue weighted by Gasteiger charge is 2.15. The number of imidazole rings is 1. The number of rotatable bonds is 5. The molecule has 0 aliphatic carbocycles. The molecule has 1 aromatic heterocycles. The Labute approximate surface area is 143 Å². The quantitative estimate of drug-likeness (QED) is 0.666. The Morgan fingerprint density at radius 3 is 2.64 bits per heavy atom. The van der Waals surface area contributed by atoms with Crippen molar-refractivity contribution >= 4 is 22.8 Å². The number of benzene rings is 2. The number of carbonyl (C=O) groups excluding carboxylic acids is 2. The second-order valence-electron chi connectivity index (χ2n) is 5.59. The van der Waals surface area contributed by atoms with Gasteiger partial charge >= 0.3 is 0 Å². The maximum Gasteiger partial charge on any atom is 0.254 e. The van der Waals surface area contributed by atoms with Gasteiger partial charge in [0.25, 0.3) is 5.91 Å². The summed E-state index contributed by atoms with van der Waals surface area (Å²) >= 11 is 0. The maximum atomic E-state index is 13.5. The molecule has 0 spiro atoms. The predicted octanol–water partition coefficient (Wildman–Crippen LogP) is 2.31. The fourth-order valence-corrected chi connectivity index (χ4v) is 2.44. The molecule has 6 nitrogen and oxygen atoms in total. The van der Waals surface area contributed by atoms with E-state index in [9.17, 15) is 14.0 Å². The van der Waals surface area contributed by atoms with E-state index < -0.39 is 17.6 Å². The van der Waals surface area contributed by atoms with E-state index in [1.165, 1.54) is 18.2 Å². The third kappa shape index (κ3) is 3.82. The van der Waals surface area contributed by atoms with Crippen molar-refractivity contribution in [3.63, 3.8) is 0 Å². The first-order valence-corrected chi connectivity index (χ1v) is 7.81. The Hall–Kier alpha value is -3.22. The van der Waals surface area contributed by atoms with Gasteiger partial charge in [0.2, 0.25) is 5.91 Å². The average Bonchev–Trinajstić information content (AvgIpc) is 3.04. The van der Waals surface area contributed by atoms with E-state index in [1.807, 2.05) is 24.3 Å². The van der Waals surface area contributed by atoms with E-state index in [-0.39, 0.29) is 18.2 Å². The molecule has 2 amide bonds. The molecular formula is C18H17FN4O2. The van der Waals surface area contributed by atoms with Gasteiger partial charge in [-0.25, -0.2) is 9.37 Å². The van der Waals surface area contributed by atoms with Crippen molar-refractivity contribution in [1.29, 1.82) is 0 Å². The summed E-state index contributed by atoms with van der Waals surface area (Å²) in [5.74, 6) is -1.03. The molecule has 25 heavy (non-hydrogen) atoms. The van der Waals surface area contributed by atoms with E-state index in [1.54, 1.807) is 13.0 Å². The predicted molar refractivity (Wildman–Crippen MR) is 91.4 cm³/mol. The molecule has 0 saturated carbocycles. The van der Waals surface area contributed by atoms with Crippen LogP contribution in [0.2, 0.25) is 0 Å². The van der Waals surface area contributed by atoms with Crippen molar-refractivity contribution in [3.8, 4) is 0 Å². The van der Waals surface area contributed by atoms with Gasteiger partial charge in [-0.1, -0.05) is 24.3 Å². The Kier molecular flexibility index (Phi) is 4.74. The van der Waals surface area contributed by atoms with Crippen LogP contribution < -0.4 is 10.6 Å². The smallest absolute Gasteiger partial charge is 0.254 e. The molecule has 3 rings (SSSR count). The molecule has 7 heteroatoms. The highest BCUT2D eigenvalue weighted by molar-refractivity contribution is 5.96. The normalized spacial score (nSPS) is 11.9. The zero-order valence-electron chi connectivity index (χ0n) is 13.5. The molecule has 0 aliphatic rings. The molecule has 1 atom stereocenters. The van der Waals surface area contributed by atoms with Gasteiger partial charge in [0, 0.05) is 0 Å². The Morgan fingerprint density at radius 1 is 1.16 bits per heavy atom. The van der Waals surface area contributed by atoms with Gasteiger partial charge in [-0.15, -0.1) is 0 Å². The van der Waals surface area contributed by atoms with Crippen LogP contribution in [0.4, 0.5) is 4.39 Å². The minimum atomic E-state index is -0.635. The van der Waals surface area contributed by atoms with Crippen LogP contribution in [-0.2, 0) is 4.79 Å². The van der Waals surface area contributed by atoms with Crippen molar-refractivity contribution < 1.29 is 14.0 Å². The molecular weight excluding hydrogens is 323 g/mol. The van der Waals surface area contributed by atoms with Gasteiger partial charge in [-0.2, -0.15) is 0 Å². The Balaban J connectivity index is 1.57. The minimum absolute atomic E-state index is 0.0966. The third-order valence-electron chi connectivity index (χ3n) is 3.72. The van der Waals surface area contributed by atoms with Crippen LogP contribution in [0.5, 0.6) is 0 Å². The number of halogens is 1. The van der Waals surface area contributed by atoms with Crippen LogP contribution in [0.1, 0.15) is 29.1 Å². The van der Waals surface area contributed by atoms with Gasteiger partial charge in [0.1, 0.15) is 11.6 Å². The largest absolute Gasteiger partial charge is 0.345 e. The number of carbonyl (C=O) groups is 2. The highest BCUT2D eigenvalue weighted by atomic mass is 19.1. The average molecular weight is 340 g/mol. The molecule has 2 aromatic carbocycles. The Morgan fingerprint density at radius 2 is 1.88 bits per heavy atom. The zero-order valence-corrected chi connectivity index (χ0v) is 13.5. The molecule has 1 heterocycles. The minimum Gasteiger partial charge on any atom is -0.345 e. The summed E-state index contributed by atoms with van der Waals surface area (Å²) < 4.78 is 13.5. The third-order valence-corrected chi connectivity index (χ3v) is 3.72. The molecule has 0 aliphatic heterocycles. The molecule has 128 valence electrons. The molecule has 0 fully saturated rings. The van der Waals surface area contributed by atoms with Crippen molar-refractivity contribution in [2.24, 2.45) is 0 Å². The number of aromatic amines is 1. The van der Waals surface area contributed by atoms with E-state index in [4.69, 9.17) is 0 Å². The summed E-state index contributed by atoms with van der Waals surface area (Å²) in [6.45, 7) is 1.53. The highest BCUT2D eigenvalue weighted by Crippen LogP contribution is 2.15. The summed E-state index contributed by atoms with van der Waals surface area (Å²) in [7, 11) is 0.